The number of likely N-dealkylation sites (tertiary alicyclic amines) is 1. The molecule has 1 saturated heterocycles. The minimum Gasteiger partial charge on any atom is -0.341 e. The Bertz CT molecular complexity index is 1470. The van der Waals surface area contributed by atoms with Crippen molar-refractivity contribution < 1.29 is 30.8 Å². The molecule has 0 radical (unpaired) electrons. The van der Waals surface area contributed by atoms with Crippen molar-refractivity contribution in [3.8, 4) is 0 Å². The fourth-order valence-electron chi connectivity index (χ4n) is 4.33. The number of halogens is 1. The smallest absolute Gasteiger partial charge is 0.286 e. The number of sulfonamides is 2. The molecule has 1 amide bonds. The van der Waals surface area contributed by atoms with Gasteiger partial charge in [0.25, 0.3) is 10.0 Å². The van der Waals surface area contributed by atoms with E-state index >= 15 is 0 Å². The third kappa shape index (κ3) is 5.26. The molecule has 0 bridgehead atoms. The summed E-state index contributed by atoms with van der Waals surface area (Å²) in [7, 11) is -8.00. The third-order valence-corrected chi connectivity index (χ3v) is 7.95. The van der Waals surface area contributed by atoms with Crippen molar-refractivity contribution >= 4 is 48.9 Å². The number of benzene rings is 2. The lowest BCUT2D eigenvalue weighted by atomic mass is 9.84. The van der Waals surface area contributed by atoms with E-state index in [0.717, 1.165) is 12.3 Å². The molecule has 1 unspecified atom stereocenters. The number of rotatable bonds is 6. The van der Waals surface area contributed by atoms with Gasteiger partial charge in [-0.25, -0.2) is 12.8 Å². The highest BCUT2D eigenvalue weighted by Gasteiger charge is 2.46. The Morgan fingerprint density at radius 3 is 2.44 bits per heavy atom. The molecule has 0 spiro atoms. The molecule has 13 heteroatoms. The molecule has 2 aromatic carbocycles. The third-order valence-electron chi connectivity index (χ3n) is 6.02. The highest BCUT2D eigenvalue weighted by molar-refractivity contribution is 7.92. The molecule has 10 nitrogen and oxygen atoms in total. The normalized spacial score (nSPS) is 21.6. The number of nitrogens with one attached hydrogen (secondary N) is 2. The average molecular weight is 537 g/mol. The first-order valence-electron chi connectivity index (χ1n) is 11.1. The van der Waals surface area contributed by atoms with Crippen LogP contribution in [0, 0.1) is 17.7 Å². The van der Waals surface area contributed by atoms with Gasteiger partial charge in [-0.05, 0) is 41.8 Å². The molecule has 2 atom stereocenters. The Morgan fingerprint density at radius 1 is 1.17 bits per heavy atom. The van der Waals surface area contributed by atoms with Gasteiger partial charge in [0.15, 0.2) is 11.7 Å². The summed E-state index contributed by atoms with van der Waals surface area (Å²) in [4.78, 5) is 27.9. The molecule has 2 heterocycles. The molecule has 2 aromatic rings. The van der Waals surface area contributed by atoms with Gasteiger partial charge in [0.05, 0.1) is 11.9 Å². The van der Waals surface area contributed by atoms with Crippen molar-refractivity contribution in [1.82, 2.24) is 4.90 Å². The van der Waals surface area contributed by atoms with Gasteiger partial charge in [-0.3, -0.25) is 14.3 Å². The molecular weight excluding hydrogens is 511 g/mol. The molecule has 0 aliphatic carbocycles. The van der Waals surface area contributed by atoms with E-state index in [9.17, 15) is 30.8 Å². The van der Waals surface area contributed by atoms with Crippen molar-refractivity contribution in [1.29, 1.82) is 0 Å². The monoisotopic (exact) mass is 536 g/mol. The number of nitrogens with zero attached hydrogens (tertiary/aromatic N) is 2. The molecule has 2 aliphatic heterocycles. The number of piperidine rings is 1. The van der Waals surface area contributed by atoms with Crippen LogP contribution in [-0.2, 0) is 36.2 Å². The number of hydrogen-bond donors (Lipinski definition) is 2. The maximum absolute atomic E-state index is 13.6. The topological polar surface area (TPSA) is 142 Å². The van der Waals surface area contributed by atoms with Crippen LogP contribution in [0.3, 0.4) is 0 Å². The van der Waals surface area contributed by atoms with Crippen LogP contribution in [-0.4, -0.2) is 51.6 Å². The number of carbonyl (C=O) groups is 2. The first-order valence-corrected chi connectivity index (χ1v) is 14.4. The van der Waals surface area contributed by atoms with E-state index in [4.69, 9.17) is 0 Å². The number of fused-ring (bicyclic) bond motifs is 1. The van der Waals surface area contributed by atoms with Gasteiger partial charge in [0, 0.05) is 24.7 Å². The number of carbonyl (C=O) groups excluding carboxylic acids is 2. The molecule has 0 saturated carbocycles. The average Bonchev–Trinajstić information content (AvgIpc) is 2.76. The Balaban J connectivity index is 1.68. The molecule has 192 valence electrons. The summed E-state index contributed by atoms with van der Waals surface area (Å²) >= 11 is 0. The van der Waals surface area contributed by atoms with Crippen molar-refractivity contribution in [2.45, 2.75) is 37.8 Å². The number of anilines is 2. The molecule has 4 rings (SSSR count). The van der Waals surface area contributed by atoms with Crippen LogP contribution >= 0.6 is 0 Å². The highest BCUT2D eigenvalue weighted by atomic mass is 32.2. The van der Waals surface area contributed by atoms with Gasteiger partial charge >= 0.3 is 0 Å². The maximum atomic E-state index is 13.6. The molecule has 2 aliphatic rings. The summed E-state index contributed by atoms with van der Waals surface area (Å²) in [6.45, 7) is 3.87. The first kappa shape index (κ1) is 25.8. The van der Waals surface area contributed by atoms with Gasteiger partial charge in [0.2, 0.25) is 15.9 Å². The van der Waals surface area contributed by atoms with E-state index in [0.29, 0.717) is 5.56 Å². The van der Waals surface area contributed by atoms with Crippen LogP contribution in [0.15, 0.2) is 51.8 Å². The Labute approximate surface area is 208 Å². The lowest BCUT2D eigenvalue weighted by Crippen LogP contribution is -2.56. The van der Waals surface area contributed by atoms with Crippen molar-refractivity contribution in [3.63, 3.8) is 0 Å². The van der Waals surface area contributed by atoms with Crippen LogP contribution in [0.1, 0.15) is 25.8 Å². The minimum atomic E-state index is -4.35. The van der Waals surface area contributed by atoms with Gasteiger partial charge in [-0.2, -0.15) is 8.42 Å². The molecule has 2 N–H and O–H groups in total. The summed E-state index contributed by atoms with van der Waals surface area (Å²) in [5.41, 5.74) is 0.747. The van der Waals surface area contributed by atoms with E-state index < -0.39 is 49.5 Å². The van der Waals surface area contributed by atoms with Crippen LogP contribution < -0.4 is 10.0 Å². The Hall–Kier alpha value is -3.32. The number of amidine groups is 1. The Morgan fingerprint density at radius 2 is 1.83 bits per heavy atom. The number of amides is 1. The van der Waals surface area contributed by atoms with Gasteiger partial charge in [-0.15, -0.1) is 4.40 Å². The fraction of sp³-hybridized carbons (Fsp3) is 0.348. The van der Waals surface area contributed by atoms with Crippen LogP contribution in [0.25, 0.3) is 0 Å². The standard InChI is InChI=1S/C23H25FN4O6S2/c1-13(2)18-11-19(29)21(23(30)28(18)12-14-4-6-15(24)7-5-14)22-25-17-9-8-16(26-35(3,31)32)10-20(17)36(33,34)27-22/h4-10,13,18,21,26H,11-12H2,1-3H3,(H,25,27)/t18-,21?/m1/s1. The van der Waals surface area contributed by atoms with E-state index in [1.54, 1.807) is 12.1 Å². The van der Waals surface area contributed by atoms with E-state index in [1.165, 1.54) is 29.2 Å². The van der Waals surface area contributed by atoms with E-state index in [1.807, 2.05) is 13.8 Å². The van der Waals surface area contributed by atoms with E-state index in [-0.39, 0.29) is 41.0 Å². The summed E-state index contributed by atoms with van der Waals surface area (Å²) in [5.74, 6) is -3.32. The zero-order valence-corrected chi connectivity index (χ0v) is 21.4. The lowest BCUT2D eigenvalue weighted by Gasteiger charge is -2.41. The molecule has 0 aromatic heterocycles. The molecular formula is C23H25FN4O6S2. The van der Waals surface area contributed by atoms with Gasteiger partial charge in [0.1, 0.15) is 16.5 Å². The molecule has 36 heavy (non-hydrogen) atoms. The quantitative estimate of drug-likeness (QED) is 0.540. The predicted octanol–water partition coefficient (Wildman–Crippen LogP) is 2.35. The van der Waals surface area contributed by atoms with Crippen LogP contribution in [0.5, 0.6) is 0 Å². The summed E-state index contributed by atoms with van der Waals surface area (Å²) < 4.78 is 68.2. The fourth-order valence-corrected chi connectivity index (χ4v) is 6.07. The van der Waals surface area contributed by atoms with Crippen LogP contribution in [0.4, 0.5) is 15.8 Å². The van der Waals surface area contributed by atoms with Crippen molar-refractivity contribution in [2.75, 3.05) is 16.3 Å². The lowest BCUT2D eigenvalue weighted by molar-refractivity contribution is -0.148. The second-order valence-corrected chi connectivity index (χ2v) is 12.5. The largest absolute Gasteiger partial charge is 0.341 e. The summed E-state index contributed by atoms with van der Waals surface area (Å²) in [5, 5.41) is 2.78. The number of Topliss-reactive ketones (excluding diaryl/α,β-unsaturated/α-hetero) is 1. The van der Waals surface area contributed by atoms with Crippen molar-refractivity contribution in [2.24, 2.45) is 16.2 Å². The van der Waals surface area contributed by atoms with Crippen LogP contribution in [0.2, 0.25) is 0 Å². The maximum Gasteiger partial charge on any atom is 0.286 e. The Kier molecular flexibility index (Phi) is 6.64. The predicted molar refractivity (Wildman–Crippen MR) is 132 cm³/mol. The van der Waals surface area contributed by atoms with E-state index in [2.05, 4.69) is 14.4 Å². The highest BCUT2D eigenvalue weighted by Crippen LogP contribution is 2.34. The molecule has 1 fully saturated rings. The first-order chi connectivity index (χ1) is 16.7. The zero-order valence-electron chi connectivity index (χ0n) is 19.7. The summed E-state index contributed by atoms with van der Waals surface area (Å²) in [6, 6.07) is 9.02. The number of ketones is 1. The zero-order chi connectivity index (χ0) is 26.4. The number of hydrogen-bond acceptors (Lipinski definition) is 7. The SMILES string of the molecule is CC(C)[C@H]1CC(=O)C(C2=NS(=O)(=O)c3cc(NS(C)(=O)=O)ccc3N2)C(=O)N1Cc1ccc(F)cc1. The van der Waals surface area contributed by atoms with Gasteiger partial charge in [-0.1, -0.05) is 26.0 Å². The second kappa shape index (κ2) is 9.28. The second-order valence-electron chi connectivity index (χ2n) is 9.17. The van der Waals surface area contributed by atoms with Gasteiger partial charge < -0.3 is 10.2 Å². The summed E-state index contributed by atoms with van der Waals surface area (Å²) in [6.07, 6.45) is 0.929. The van der Waals surface area contributed by atoms with Crippen molar-refractivity contribution in [3.05, 3.63) is 53.8 Å². The minimum absolute atomic E-state index is 0.0000894.